The van der Waals surface area contributed by atoms with Crippen LogP contribution in [0.25, 0.3) is 0 Å². The van der Waals surface area contributed by atoms with E-state index in [2.05, 4.69) is 16.6 Å². The van der Waals surface area contributed by atoms with Gasteiger partial charge >= 0.3 is 0 Å². The highest BCUT2D eigenvalue weighted by atomic mass is 32.2. The number of hydrogen-bond donors (Lipinski definition) is 1. The third-order valence-corrected chi connectivity index (χ3v) is 4.42. The van der Waals surface area contributed by atoms with Crippen LogP contribution in [0, 0.1) is 17.7 Å². The molecule has 0 aromatic heterocycles. The van der Waals surface area contributed by atoms with Crippen molar-refractivity contribution in [2.24, 2.45) is 0 Å². The predicted octanol–water partition coefficient (Wildman–Crippen LogP) is 2.34. The molecule has 0 bridgehead atoms. The van der Waals surface area contributed by atoms with Crippen molar-refractivity contribution in [3.8, 4) is 23.3 Å². The standard InChI is InChI=1S/C18H18FNO4S/c1-23-17-9-2-3-10-18(17)24-12-5-4-11-20-25(21,22)14-15-7-6-8-16(19)13-15/h2-3,6-10,13,20H,11-12,14H2,1H3. The van der Waals surface area contributed by atoms with Crippen molar-refractivity contribution < 1.29 is 22.3 Å². The second-order valence-corrected chi connectivity index (χ2v) is 6.81. The number of nitrogens with one attached hydrogen (secondary N) is 1. The second kappa shape index (κ2) is 9.06. The first kappa shape index (κ1) is 18.8. The predicted molar refractivity (Wildman–Crippen MR) is 93.3 cm³/mol. The van der Waals surface area contributed by atoms with Crippen molar-refractivity contribution in [3.05, 3.63) is 59.9 Å². The van der Waals surface area contributed by atoms with Gasteiger partial charge in [0.15, 0.2) is 11.5 Å². The maximum atomic E-state index is 13.1. The highest BCUT2D eigenvalue weighted by Gasteiger charge is 2.10. The van der Waals surface area contributed by atoms with Gasteiger partial charge in [0.05, 0.1) is 19.4 Å². The average Bonchev–Trinajstić information content (AvgIpc) is 2.58. The van der Waals surface area contributed by atoms with Crippen LogP contribution in [0.1, 0.15) is 5.56 Å². The smallest absolute Gasteiger partial charge is 0.216 e. The summed E-state index contributed by atoms with van der Waals surface area (Å²) >= 11 is 0. The van der Waals surface area contributed by atoms with Gasteiger partial charge in [0.25, 0.3) is 0 Å². The fourth-order valence-electron chi connectivity index (χ4n) is 2.01. The zero-order chi connectivity index (χ0) is 18.1. The summed E-state index contributed by atoms with van der Waals surface area (Å²) in [5.74, 6) is 5.77. The Kier molecular flexibility index (Phi) is 6.81. The summed E-state index contributed by atoms with van der Waals surface area (Å²) < 4.78 is 49.8. The lowest BCUT2D eigenvalue weighted by atomic mass is 10.2. The Bertz CT molecular complexity index is 872. The van der Waals surface area contributed by atoms with Gasteiger partial charge in [0, 0.05) is 0 Å². The molecule has 0 spiro atoms. The maximum Gasteiger partial charge on any atom is 0.216 e. The molecule has 5 nitrogen and oxygen atoms in total. The molecule has 0 unspecified atom stereocenters. The molecule has 0 saturated heterocycles. The Hall–Kier alpha value is -2.56. The number of rotatable bonds is 7. The molecule has 0 aliphatic rings. The quantitative estimate of drug-likeness (QED) is 0.767. The number of benzene rings is 2. The summed E-state index contributed by atoms with van der Waals surface area (Å²) in [4.78, 5) is 0. The van der Waals surface area contributed by atoms with E-state index in [1.807, 2.05) is 12.1 Å². The fraction of sp³-hybridized carbons (Fsp3) is 0.222. The summed E-state index contributed by atoms with van der Waals surface area (Å²) in [6.45, 7) is 0.0545. The lowest BCUT2D eigenvalue weighted by molar-refractivity contribution is 0.331. The summed E-state index contributed by atoms with van der Waals surface area (Å²) in [5, 5.41) is 0. The molecule has 0 saturated carbocycles. The second-order valence-electron chi connectivity index (χ2n) is 5.00. The number of sulfonamides is 1. The van der Waals surface area contributed by atoms with Gasteiger partial charge in [-0.2, -0.15) is 0 Å². The van der Waals surface area contributed by atoms with E-state index in [4.69, 9.17) is 9.47 Å². The van der Waals surface area contributed by atoms with Crippen molar-refractivity contribution in [1.82, 2.24) is 4.72 Å². The summed E-state index contributed by atoms with van der Waals surface area (Å²) in [6.07, 6.45) is 0. The van der Waals surface area contributed by atoms with E-state index in [9.17, 15) is 12.8 Å². The van der Waals surface area contributed by atoms with Crippen LogP contribution in [0.2, 0.25) is 0 Å². The molecule has 0 aliphatic heterocycles. The van der Waals surface area contributed by atoms with Crippen molar-refractivity contribution in [3.63, 3.8) is 0 Å². The molecule has 0 amide bonds. The Morgan fingerprint density at radius 3 is 2.56 bits per heavy atom. The highest BCUT2D eigenvalue weighted by molar-refractivity contribution is 7.88. The number of ether oxygens (including phenoxy) is 2. The minimum absolute atomic E-state index is 0.0487. The first-order chi connectivity index (χ1) is 12.0. The van der Waals surface area contributed by atoms with Crippen molar-refractivity contribution in [2.45, 2.75) is 5.75 Å². The number of methoxy groups -OCH3 is 1. The van der Waals surface area contributed by atoms with Crippen molar-refractivity contribution in [2.75, 3.05) is 20.3 Å². The largest absolute Gasteiger partial charge is 0.493 e. The van der Waals surface area contributed by atoms with Gasteiger partial charge < -0.3 is 9.47 Å². The summed E-state index contributed by atoms with van der Waals surface area (Å²) in [6, 6.07) is 12.6. The first-order valence-corrected chi connectivity index (χ1v) is 9.09. The molecule has 2 aromatic rings. The van der Waals surface area contributed by atoms with E-state index >= 15 is 0 Å². The molecule has 7 heteroatoms. The van der Waals surface area contributed by atoms with Crippen LogP contribution >= 0.6 is 0 Å². The molecule has 0 aliphatic carbocycles. The van der Waals surface area contributed by atoms with Gasteiger partial charge in [-0.15, -0.1) is 0 Å². The van der Waals surface area contributed by atoms with Crippen LogP contribution in [0.15, 0.2) is 48.5 Å². The average molecular weight is 363 g/mol. The van der Waals surface area contributed by atoms with E-state index in [1.54, 1.807) is 25.3 Å². The molecule has 2 rings (SSSR count). The van der Waals surface area contributed by atoms with E-state index < -0.39 is 15.8 Å². The Morgan fingerprint density at radius 1 is 1.08 bits per heavy atom. The van der Waals surface area contributed by atoms with Gasteiger partial charge in [-0.05, 0) is 29.8 Å². The third-order valence-electron chi connectivity index (χ3n) is 3.12. The van der Waals surface area contributed by atoms with Gasteiger partial charge in [-0.1, -0.05) is 36.1 Å². The maximum absolute atomic E-state index is 13.1. The van der Waals surface area contributed by atoms with Crippen molar-refractivity contribution in [1.29, 1.82) is 0 Å². The van der Waals surface area contributed by atoms with Gasteiger partial charge in [-0.3, -0.25) is 0 Å². The molecule has 1 N–H and O–H groups in total. The Morgan fingerprint density at radius 2 is 1.84 bits per heavy atom. The molecular weight excluding hydrogens is 345 g/mol. The molecule has 25 heavy (non-hydrogen) atoms. The Labute approximate surface area is 146 Å². The normalized spacial score (nSPS) is 10.6. The summed E-state index contributed by atoms with van der Waals surface area (Å²) in [5.41, 5.74) is 0.375. The van der Waals surface area contributed by atoms with E-state index in [-0.39, 0.29) is 18.9 Å². The van der Waals surface area contributed by atoms with Gasteiger partial charge in [0.2, 0.25) is 10.0 Å². The van der Waals surface area contributed by atoms with Crippen LogP contribution < -0.4 is 14.2 Å². The van der Waals surface area contributed by atoms with E-state index in [0.717, 1.165) is 0 Å². The number of hydrogen-bond acceptors (Lipinski definition) is 4. The molecular formula is C18H18FNO4S. The lowest BCUT2D eigenvalue weighted by Gasteiger charge is -2.07. The Balaban J connectivity index is 1.79. The van der Waals surface area contributed by atoms with Crippen LogP contribution in [0.3, 0.4) is 0 Å². The zero-order valence-corrected chi connectivity index (χ0v) is 14.5. The minimum Gasteiger partial charge on any atom is -0.493 e. The summed E-state index contributed by atoms with van der Waals surface area (Å²) in [7, 11) is -2.04. The molecule has 2 aromatic carbocycles. The van der Waals surface area contributed by atoms with Gasteiger partial charge in [0.1, 0.15) is 12.4 Å². The topological polar surface area (TPSA) is 64.6 Å². The molecule has 0 heterocycles. The number of halogens is 1. The molecule has 0 atom stereocenters. The SMILES string of the molecule is COc1ccccc1OCC#CCNS(=O)(=O)Cc1cccc(F)c1. The molecule has 0 radical (unpaired) electrons. The van der Waals surface area contributed by atoms with Crippen LogP contribution in [-0.2, 0) is 15.8 Å². The van der Waals surface area contributed by atoms with E-state index in [0.29, 0.717) is 17.1 Å². The monoisotopic (exact) mass is 363 g/mol. The zero-order valence-electron chi connectivity index (χ0n) is 13.7. The lowest BCUT2D eigenvalue weighted by Crippen LogP contribution is -2.25. The fourth-order valence-corrected chi connectivity index (χ4v) is 3.02. The first-order valence-electron chi connectivity index (χ1n) is 7.43. The third kappa shape index (κ3) is 6.45. The minimum atomic E-state index is -3.58. The van der Waals surface area contributed by atoms with Crippen molar-refractivity contribution >= 4 is 10.0 Å². The van der Waals surface area contributed by atoms with Crippen LogP contribution in [-0.4, -0.2) is 28.7 Å². The molecule has 132 valence electrons. The van der Waals surface area contributed by atoms with Crippen LogP contribution in [0.4, 0.5) is 4.39 Å². The number of para-hydroxylation sites is 2. The van der Waals surface area contributed by atoms with Crippen LogP contribution in [0.5, 0.6) is 11.5 Å². The molecule has 0 fully saturated rings. The van der Waals surface area contributed by atoms with E-state index in [1.165, 1.54) is 18.2 Å². The highest BCUT2D eigenvalue weighted by Crippen LogP contribution is 2.25. The van der Waals surface area contributed by atoms with Gasteiger partial charge in [-0.25, -0.2) is 17.5 Å².